The topological polar surface area (TPSA) is 41.1 Å². The molecule has 0 atom stereocenters. The fourth-order valence-corrected chi connectivity index (χ4v) is 1.35. The predicted molar refractivity (Wildman–Crippen MR) is 59.1 cm³/mol. The summed E-state index contributed by atoms with van der Waals surface area (Å²) >= 11 is 1.83. The molecule has 78 valence electrons. The van der Waals surface area contributed by atoms with Crippen LogP contribution in [0.2, 0.25) is 0 Å². The molecule has 0 fully saturated rings. The molecule has 0 bridgehead atoms. The molecule has 3 nitrogen and oxygen atoms in total. The van der Waals surface area contributed by atoms with E-state index < -0.39 is 0 Å². The molecular weight excluding hydrogens is 184 g/mol. The molecule has 0 aliphatic rings. The first-order valence-electron chi connectivity index (χ1n) is 4.66. The van der Waals surface area contributed by atoms with E-state index >= 15 is 0 Å². The number of thioether (sulfide) groups is 1. The highest BCUT2D eigenvalue weighted by atomic mass is 32.2. The summed E-state index contributed by atoms with van der Waals surface area (Å²) in [6.07, 6.45) is 3.21. The van der Waals surface area contributed by atoms with Gasteiger partial charge < -0.3 is 10.6 Å². The minimum atomic E-state index is 0.0825. The van der Waals surface area contributed by atoms with Gasteiger partial charge in [-0.1, -0.05) is 0 Å². The molecular formula is C9H20N2OS. The van der Waals surface area contributed by atoms with Crippen LogP contribution in [-0.4, -0.2) is 37.0 Å². The third-order valence-electron chi connectivity index (χ3n) is 1.44. The number of amides is 1. The Bertz CT molecular complexity index is 140. The Kier molecular flexibility index (Phi) is 8.24. The molecule has 0 aliphatic carbocycles. The Morgan fingerprint density at radius 2 is 2.15 bits per heavy atom. The maximum absolute atomic E-state index is 11.1. The Hall–Kier alpha value is -0.220. The molecule has 1 amide bonds. The molecule has 13 heavy (non-hydrogen) atoms. The number of hydrogen-bond donors (Lipinski definition) is 2. The maximum atomic E-state index is 11.1. The maximum Gasteiger partial charge on any atom is 0.234 e. The van der Waals surface area contributed by atoms with Crippen molar-refractivity contribution in [3.05, 3.63) is 0 Å². The van der Waals surface area contributed by atoms with Crippen LogP contribution < -0.4 is 10.6 Å². The predicted octanol–water partition coefficient (Wildman–Crippen LogP) is 0.854. The van der Waals surface area contributed by atoms with E-state index in [1.807, 2.05) is 25.6 Å². The summed E-state index contributed by atoms with van der Waals surface area (Å²) in [4.78, 5) is 11.1. The van der Waals surface area contributed by atoms with Gasteiger partial charge >= 0.3 is 0 Å². The fraction of sp³-hybridized carbons (Fsp3) is 0.889. The standard InChI is InChI=1S/C9H20N2OS/c1-8(2)11-9(12)7-10-5-4-6-13-3/h8,10H,4-7H2,1-3H3,(H,11,12). The largest absolute Gasteiger partial charge is 0.353 e. The van der Waals surface area contributed by atoms with Crippen molar-refractivity contribution in [2.75, 3.05) is 25.1 Å². The second kappa shape index (κ2) is 8.38. The van der Waals surface area contributed by atoms with Gasteiger partial charge in [0.05, 0.1) is 6.54 Å². The lowest BCUT2D eigenvalue weighted by atomic mass is 10.4. The second-order valence-corrected chi connectivity index (χ2v) is 4.23. The van der Waals surface area contributed by atoms with E-state index in [0.29, 0.717) is 6.54 Å². The monoisotopic (exact) mass is 204 g/mol. The molecule has 0 saturated carbocycles. The van der Waals surface area contributed by atoms with Gasteiger partial charge in [0.15, 0.2) is 0 Å². The summed E-state index contributed by atoms with van der Waals surface area (Å²) in [5.41, 5.74) is 0. The quantitative estimate of drug-likeness (QED) is 0.604. The normalized spacial score (nSPS) is 10.5. The first-order chi connectivity index (χ1) is 6.16. The van der Waals surface area contributed by atoms with Crippen LogP contribution >= 0.6 is 11.8 Å². The minimum absolute atomic E-state index is 0.0825. The molecule has 0 unspecified atom stereocenters. The van der Waals surface area contributed by atoms with Crippen molar-refractivity contribution < 1.29 is 4.79 Å². The summed E-state index contributed by atoms with van der Waals surface area (Å²) < 4.78 is 0. The molecule has 0 heterocycles. The molecule has 0 aromatic rings. The average Bonchev–Trinajstić information content (AvgIpc) is 2.02. The SMILES string of the molecule is CSCCCNCC(=O)NC(C)C. The van der Waals surface area contributed by atoms with Crippen LogP contribution in [0.25, 0.3) is 0 Å². The van der Waals surface area contributed by atoms with E-state index in [0.717, 1.165) is 18.7 Å². The van der Waals surface area contributed by atoms with Crippen LogP contribution in [-0.2, 0) is 4.79 Å². The smallest absolute Gasteiger partial charge is 0.234 e. The van der Waals surface area contributed by atoms with E-state index in [2.05, 4.69) is 16.9 Å². The molecule has 0 saturated heterocycles. The fourth-order valence-electron chi connectivity index (χ4n) is 0.916. The van der Waals surface area contributed by atoms with E-state index in [1.165, 1.54) is 0 Å². The summed E-state index contributed by atoms with van der Waals surface area (Å²) in [6.45, 7) is 5.29. The van der Waals surface area contributed by atoms with Gasteiger partial charge in [-0.3, -0.25) is 4.79 Å². The van der Waals surface area contributed by atoms with Gasteiger partial charge in [-0.25, -0.2) is 0 Å². The van der Waals surface area contributed by atoms with Gasteiger partial charge in [0.2, 0.25) is 5.91 Å². The zero-order valence-corrected chi connectivity index (χ0v) is 9.54. The van der Waals surface area contributed by atoms with Crippen LogP contribution in [0.4, 0.5) is 0 Å². The van der Waals surface area contributed by atoms with Gasteiger partial charge in [0.25, 0.3) is 0 Å². The molecule has 0 aliphatic heterocycles. The summed E-state index contributed by atoms with van der Waals surface area (Å²) in [7, 11) is 0. The van der Waals surface area contributed by atoms with E-state index in [4.69, 9.17) is 0 Å². The van der Waals surface area contributed by atoms with Crippen LogP contribution in [0.1, 0.15) is 20.3 Å². The van der Waals surface area contributed by atoms with Gasteiger partial charge in [-0.15, -0.1) is 0 Å². The summed E-state index contributed by atoms with van der Waals surface area (Å²) in [5, 5.41) is 5.93. The van der Waals surface area contributed by atoms with Crippen molar-refractivity contribution >= 4 is 17.7 Å². The first kappa shape index (κ1) is 12.8. The molecule has 0 spiro atoms. The number of carbonyl (C=O) groups is 1. The Morgan fingerprint density at radius 1 is 1.46 bits per heavy atom. The third-order valence-corrected chi connectivity index (χ3v) is 2.13. The van der Waals surface area contributed by atoms with Crippen molar-refractivity contribution in [2.24, 2.45) is 0 Å². The molecule has 0 rings (SSSR count). The minimum Gasteiger partial charge on any atom is -0.353 e. The van der Waals surface area contributed by atoms with Crippen molar-refractivity contribution in [3.63, 3.8) is 0 Å². The zero-order valence-electron chi connectivity index (χ0n) is 8.72. The number of rotatable bonds is 7. The Morgan fingerprint density at radius 3 is 2.69 bits per heavy atom. The van der Waals surface area contributed by atoms with E-state index in [1.54, 1.807) is 0 Å². The highest BCUT2D eigenvalue weighted by molar-refractivity contribution is 7.98. The average molecular weight is 204 g/mol. The highest BCUT2D eigenvalue weighted by Gasteiger charge is 2.00. The third kappa shape index (κ3) is 9.70. The van der Waals surface area contributed by atoms with E-state index in [-0.39, 0.29) is 11.9 Å². The van der Waals surface area contributed by atoms with Gasteiger partial charge in [-0.05, 0) is 38.8 Å². The lowest BCUT2D eigenvalue weighted by Crippen LogP contribution is -2.38. The van der Waals surface area contributed by atoms with Crippen molar-refractivity contribution in [1.29, 1.82) is 0 Å². The Balaban J connectivity index is 3.17. The molecule has 2 N–H and O–H groups in total. The number of nitrogens with one attached hydrogen (secondary N) is 2. The molecule has 0 aromatic heterocycles. The lowest BCUT2D eigenvalue weighted by Gasteiger charge is -2.08. The first-order valence-corrected chi connectivity index (χ1v) is 6.05. The van der Waals surface area contributed by atoms with Gasteiger partial charge in [-0.2, -0.15) is 11.8 Å². The number of hydrogen-bond acceptors (Lipinski definition) is 3. The van der Waals surface area contributed by atoms with Gasteiger partial charge in [0, 0.05) is 6.04 Å². The zero-order chi connectivity index (χ0) is 10.1. The van der Waals surface area contributed by atoms with Crippen LogP contribution in [0.3, 0.4) is 0 Å². The molecule has 4 heteroatoms. The molecule has 0 aromatic carbocycles. The highest BCUT2D eigenvalue weighted by Crippen LogP contribution is 1.92. The van der Waals surface area contributed by atoms with Crippen molar-refractivity contribution in [2.45, 2.75) is 26.3 Å². The number of carbonyl (C=O) groups excluding carboxylic acids is 1. The lowest BCUT2D eigenvalue weighted by molar-refractivity contribution is -0.120. The van der Waals surface area contributed by atoms with Crippen molar-refractivity contribution in [1.82, 2.24) is 10.6 Å². The van der Waals surface area contributed by atoms with Gasteiger partial charge in [0.1, 0.15) is 0 Å². The Labute approximate surface area is 85.0 Å². The van der Waals surface area contributed by atoms with E-state index in [9.17, 15) is 4.79 Å². The van der Waals surface area contributed by atoms with Crippen LogP contribution in [0.5, 0.6) is 0 Å². The summed E-state index contributed by atoms with van der Waals surface area (Å²) in [5.74, 6) is 1.23. The van der Waals surface area contributed by atoms with Crippen LogP contribution in [0, 0.1) is 0 Å². The second-order valence-electron chi connectivity index (χ2n) is 3.25. The van der Waals surface area contributed by atoms with Crippen molar-refractivity contribution in [3.8, 4) is 0 Å². The molecule has 0 radical (unpaired) electrons. The summed E-state index contributed by atoms with van der Waals surface area (Å²) in [6, 6.07) is 0.237. The van der Waals surface area contributed by atoms with Crippen LogP contribution in [0.15, 0.2) is 0 Å².